The molecule has 3 aromatic carbocycles. The van der Waals surface area contributed by atoms with E-state index in [1.807, 2.05) is 30.3 Å². The minimum atomic E-state index is 0.140. The van der Waals surface area contributed by atoms with Crippen molar-refractivity contribution in [2.24, 2.45) is 0 Å². The van der Waals surface area contributed by atoms with Crippen molar-refractivity contribution in [2.45, 2.75) is 59.0 Å². The second-order valence-corrected chi connectivity index (χ2v) is 6.78. The monoisotopic (exact) mass is 348 g/mol. The normalized spacial score (nSPS) is 10.4. The zero-order chi connectivity index (χ0) is 18.6. The molecular formula is C25H32O. The molecule has 0 heterocycles. The predicted molar refractivity (Wildman–Crippen MR) is 114 cm³/mol. The first-order valence-corrected chi connectivity index (χ1v) is 9.94. The molecule has 0 amide bonds. The molecule has 3 rings (SSSR count). The molecule has 0 aliphatic carbocycles. The van der Waals surface area contributed by atoms with E-state index >= 15 is 0 Å². The Morgan fingerprint density at radius 3 is 2.00 bits per heavy atom. The summed E-state index contributed by atoms with van der Waals surface area (Å²) in [5.41, 5.74) is 4.14. The van der Waals surface area contributed by atoms with Gasteiger partial charge in [-0.25, -0.2) is 0 Å². The maximum absolute atomic E-state index is 8.54. The van der Waals surface area contributed by atoms with Crippen LogP contribution < -0.4 is 0 Å². The van der Waals surface area contributed by atoms with Crippen molar-refractivity contribution in [1.29, 1.82) is 0 Å². The summed E-state index contributed by atoms with van der Waals surface area (Å²) in [6.45, 7) is 4.68. The summed E-state index contributed by atoms with van der Waals surface area (Å²) in [4.78, 5) is 0. The molecule has 0 spiro atoms. The van der Waals surface area contributed by atoms with Crippen LogP contribution in [0.4, 0.5) is 0 Å². The molecule has 0 unspecified atom stereocenters. The van der Waals surface area contributed by atoms with Crippen molar-refractivity contribution < 1.29 is 5.11 Å². The Labute approximate surface area is 158 Å². The third kappa shape index (κ3) is 6.00. The molecule has 0 aliphatic heterocycles. The van der Waals surface area contributed by atoms with Crippen molar-refractivity contribution in [1.82, 2.24) is 0 Å². The molecular weight excluding hydrogens is 316 g/mol. The minimum absolute atomic E-state index is 0.140. The van der Waals surface area contributed by atoms with E-state index in [9.17, 15) is 0 Å². The number of fused-ring (bicyclic) bond motifs is 1. The Morgan fingerprint density at radius 1 is 0.692 bits per heavy atom. The van der Waals surface area contributed by atoms with Gasteiger partial charge >= 0.3 is 0 Å². The first-order valence-electron chi connectivity index (χ1n) is 9.94. The van der Waals surface area contributed by atoms with Crippen LogP contribution in [0.2, 0.25) is 0 Å². The van der Waals surface area contributed by atoms with Crippen molar-refractivity contribution in [3.05, 3.63) is 83.4 Å². The zero-order valence-electron chi connectivity index (χ0n) is 16.2. The molecule has 1 nitrogen and oxygen atoms in total. The van der Waals surface area contributed by atoms with Gasteiger partial charge < -0.3 is 5.11 Å². The van der Waals surface area contributed by atoms with Gasteiger partial charge in [0.25, 0.3) is 0 Å². The third-order valence-corrected chi connectivity index (χ3v) is 4.74. The summed E-state index contributed by atoms with van der Waals surface area (Å²) in [5, 5.41) is 11.4. The fourth-order valence-corrected chi connectivity index (χ4v) is 3.21. The molecule has 0 radical (unpaired) electrons. The van der Waals surface area contributed by atoms with E-state index in [2.05, 4.69) is 50.2 Å². The summed E-state index contributed by atoms with van der Waals surface area (Å²) >= 11 is 0. The summed E-state index contributed by atoms with van der Waals surface area (Å²) in [6, 6.07) is 23.0. The SMILES string of the molecule is CCCCc1ccc2ccccc2c1CCCC.OCc1ccccc1. The number of rotatable bonds is 7. The third-order valence-electron chi connectivity index (χ3n) is 4.74. The van der Waals surface area contributed by atoms with E-state index in [1.165, 1.54) is 49.3 Å². The van der Waals surface area contributed by atoms with Crippen molar-refractivity contribution in [3.8, 4) is 0 Å². The number of unbranched alkanes of at least 4 members (excludes halogenated alkanes) is 2. The van der Waals surface area contributed by atoms with E-state index < -0.39 is 0 Å². The van der Waals surface area contributed by atoms with Gasteiger partial charge in [-0.1, -0.05) is 93.4 Å². The second kappa shape index (κ2) is 11.5. The van der Waals surface area contributed by atoms with Crippen LogP contribution in [0.15, 0.2) is 66.7 Å². The lowest BCUT2D eigenvalue weighted by molar-refractivity contribution is 0.282. The second-order valence-electron chi connectivity index (χ2n) is 6.78. The summed E-state index contributed by atoms with van der Waals surface area (Å²) in [7, 11) is 0. The fraction of sp³-hybridized carbons (Fsp3) is 0.360. The number of benzene rings is 3. The van der Waals surface area contributed by atoms with Gasteiger partial charge in [0.1, 0.15) is 0 Å². The Morgan fingerprint density at radius 2 is 1.35 bits per heavy atom. The number of aryl methyl sites for hydroxylation is 2. The fourth-order valence-electron chi connectivity index (χ4n) is 3.21. The van der Waals surface area contributed by atoms with Gasteiger partial charge in [0, 0.05) is 0 Å². The van der Waals surface area contributed by atoms with Crippen molar-refractivity contribution in [3.63, 3.8) is 0 Å². The van der Waals surface area contributed by atoms with Crippen LogP contribution in [0.5, 0.6) is 0 Å². The van der Waals surface area contributed by atoms with Crippen molar-refractivity contribution in [2.75, 3.05) is 0 Å². The predicted octanol–water partition coefficient (Wildman–Crippen LogP) is 6.70. The molecule has 0 fully saturated rings. The molecule has 1 N–H and O–H groups in total. The average molecular weight is 349 g/mol. The molecule has 0 aliphatic rings. The van der Waals surface area contributed by atoms with E-state index in [0.29, 0.717) is 0 Å². The van der Waals surface area contributed by atoms with Gasteiger partial charge in [0.05, 0.1) is 6.61 Å². The Hall–Kier alpha value is -2.12. The Bertz CT molecular complexity index is 761. The summed E-state index contributed by atoms with van der Waals surface area (Å²) in [5.74, 6) is 0. The lowest BCUT2D eigenvalue weighted by Crippen LogP contribution is -1.96. The minimum Gasteiger partial charge on any atom is -0.392 e. The summed E-state index contributed by atoms with van der Waals surface area (Å²) in [6.07, 6.45) is 7.62. The standard InChI is InChI=1S/C18H24.C7H8O/c1-3-5-9-15-13-14-16-10-7-8-12-18(16)17(15)11-6-4-2;8-6-7-4-2-1-3-5-7/h7-8,10,12-14H,3-6,9,11H2,1-2H3;1-5,8H,6H2. The molecule has 138 valence electrons. The average Bonchev–Trinajstić information content (AvgIpc) is 2.72. The van der Waals surface area contributed by atoms with Gasteiger partial charge in [0.15, 0.2) is 0 Å². The molecule has 0 saturated carbocycles. The van der Waals surface area contributed by atoms with E-state index in [4.69, 9.17) is 5.11 Å². The molecule has 0 aromatic heterocycles. The smallest absolute Gasteiger partial charge is 0.0681 e. The highest BCUT2D eigenvalue weighted by atomic mass is 16.3. The number of aliphatic hydroxyl groups is 1. The first kappa shape index (κ1) is 20.2. The topological polar surface area (TPSA) is 20.2 Å². The largest absolute Gasteiger partial charge is 0.392 e. The first-order chi connectivity index (χ1) is 12.8. The molecule has 0 atom stereocenters. The maximum Gasteiger partial charge on any atom is 0.0681 e. The van der Waals surface area contributed by atoms with Crippen LogP contribution in [0.1, 0.15) is 56.2 Å². The van der Waals surface area contributed by atoms with Crippen LogP contribution in [-0.4, -0.2) is 5.11 Å². The van der Waals surface area contributed by atoms with Crippen LogP contribution in [0.3, 0.4) is 0 Å². The van der Waals surface area contributed by atoms with Gasteiger partial charge in [-0.05, 0) is 53.1 Å². The highest BCUT2D eigenvalue weighted by Crippen LogP contribution is 2.25. The molecule has 3 aromatic rings. The van der Waals surface area contributed by atoms with Gasteiger partial charge in [0.2, 0.25) is 0 Å². The molecule has 0 bridgehead atoms. The van der Waals surface area contributed by atoms with Crippen LogP contribution in [0.25, 0.3) is 10.8 Å². The van der Waals surface area contributed by atoms with Gasteiger partial charge in [-0.15, -0.1) is 0 Å². The van der Waals surface area contributed by atoms with Gasteiger partial charge in [-0.2, -0.15) is 0 Å². The lowest BCUT2D eigenvalue weighted by atomic mass is 9.92. The quantitative estimate of drug-likeness (QED) is 0.503. The highest BCUT2D eigenvalue weighted by molar-refractivity contribution is 5.86. The Balaban J connectivity index is 0.000000254. The molecule has 1 heteroatoms. The zero-order valence-corrected chi connectivity index (χ0v) is 16.2. The van der Waals surface area contributed by atoms with Crippen LogP contribution >= 0.6 is 0 Å². The molecule has 26 heavy (non-hydrogen) atoms. The van der Waals surface area contributed by atoms with Crippen LogP contribution in [-0.2, 0) is 19.4 Å². The number of hydrogen-bond acceptors (Lipinski definition) is 1. The van der Waals surface area contributed by atoms with Gasteiger partial charge in [-0.3, -0.25) is 0 Å². The molecule has 0 saturated heterocycles. The van der Waals surface area contributed by atoms with E-state index in [-0.39, 0.29) is 6.61 Å². The summed E-state index contributed by atoms with van der Waals surface area (Å²) < 4.78 is 0. The van der Waals surface area contributed by atoms with Crippen molar-refractivity contribution >= 4 is 10.8 Å². The lowest BCUT2D eigenvalue weighted by Gasteiger charge is -2.13. The van der Waals surface area contributed by atoms with E-state index in [0.717, 1.165) is 5.56 Å². The maximum atomic E-state index is 8.54. The van der Waals surface area contributed by atoms with E-state index in [1.54, 1.807) is 11.1 Å². The number of hydrogen-bond donors (Lipinski definition) is 1. The number of aliphatic hydroxyl groups excluding tert-OH is 1. The van der Waals surface area contributed by atoms with Crippen LogP contribution in [0, 0.1) is 0 Å². The highest BCUT2D eigenvalue weighted by Gasteiger charge is 2.06. The Kier molecular flexibility index (Phi) is 8.92.